The van der Waals surface area contributed by atoms with Crippen LogP contribution in [-0.4, -0.2) is 56.5 Å². The van der Waals surface area contributed by atoms with Gasteiger partial charge in [0.2, 0.25) is 11.8 Å². The van der Waals surface area contributed by atoms with E-state index < -0.39 is 11.7 Å². The molecule has 0 bridgehead atoms. The van der Waals surface area contributed by atoms with Gasteiger partial charge < -0.3 is 19.4 Å². The van der Waals surface area contributed by atoms with Crippen LogP contribution in [0.5, 0.6) is 5.75 Å². The van der Waals surface area contributed by atoms with E-state index in [1.807, 2.05) is 29.2 Å². The Balaban J connectivity index is 1.39. The zero-order valence-electron chi connectivity index (χ0n) is 16.4. The molecular formula is C22H24FN3O3. The number of methoxy groups -OCH3 is 1. The van der Waals surface area contributed by atoms with Crippen LogP contribution in [0.2, 0.25) is 0 Å². The summed E-state index contributed by atoms with van der Waals surface area (Å²) in [7, 11) is 1.65. The van der Waals surface area contributed by atoms with Crippen molar-refractivity contribution in [3.05, 3.63) is 54.3 Å². The second-order valence-electron chi connectivity index (χ2n) is 7.34. The number of nitrogens with zero attached hydrogens (tertiary/aromatic N) is 3. The van der Waals surface area contributed by atoms with Gasteiger partial charge in [-0.25, -0.2) is 4.39 Å². The molecule has 0 aliphatic carbocycles. The van der Waals surface area contributed by atoms with E-state index in [0.29, 0.717) is 26.2 Å². The Hall–Kier alpha value is -3.09. The van der Waals surface area contributed by atoms with Crippen LogP contribution >= 0.6 is 0 Å². The molecule has 6 nitrogen and oxygen atoms in total. The summed E-state index contributed by atoms with van der Waals surface area (Å²) in [6, 6.07) is 14.0. The molecule has 2 aliphatic rings. The number of amides is 2. The van der Waals surface area contributed by atoms with Gasteiger partial charge in [-0.05, 0) is 24.3 Å². The lowest BCUT2D eigenvalue weighted by Gasteiger charge is -2.37. The number of hydrogen-bond donors (Lipinski definition) is 0. The molecule has 4 rings (SSSR count). The van der Waals surface area contributed by atoms with Crippen LogP contribution in [0.15, 0.2) is 48.5 Å². The fourth-order valence-corrected chi connectivity index (χ4v) is 4.09. The van der Waals surface area contributed by atoms with Crippen LogP contribution in [0.4, 0.5) is 15.8 Å². The molecule has 0 aromatic heterocycles. The summed E-state index contributed by atoms with van der Waals surface area (Å²) >= 11 is 0. The van der Waals surface area contributed by atoms with Gasteiger partial charge >= 0.3 is 0 Å². The van der Waals surface area contributed by atoms with Crippen LogP contribution in [0.3, 0.4) is 0 Å². The number of carbonyl (C=O) groups is 2. The van der Waals surface area contributed by atoms with Crippen molar-refractivity contribution in [3.8, 4) is 5.75 Å². The Morgan fingerprint density at radius 2 is 1.66 bits per heavy atom. The number of anilines is 2. The average Bonchev–Trinajstić information content (AvgIpc) is 3.15. The molecule has 2 saturated heterocycles. The van der Waals surface area contributed by atoms with Crippen molar-refractivity contribution in [1.82, 2.24) is 4.90 Å². The molecule has 29 heavy (non-hydrogen) atoms. The van der Waals surface area contributed by atoms with E-state index in [1.165, 1.54) is 11.0 Å². The van der Waals surface area contributed by atoms with E-state index in [0.717, 1.165) is 11.4 Å². The second-order valence-corrected chi connectivity index (χ2v) is 7.34. The summed E-state index contributed by atoms with van der Waals surface area (Å²) in [5.41, 5.74) is 1.26. The number of halogens is 1. The Morgan fingerprint density at radius 3 is 2.34 bits per heavy atom. The maximum Gasteiger partial charge on any atom is 0.228 e. The Kier molecular flexibility index (Phi) is 5.38. The Morgan fingerprint density at radius 1 is 1.00 bits per heavy atom. The Bertz CT molecular complexity index is 912. The van der Waals surface area contributed by atoms with Crippen LogP contribution in [0.1, 0.15) is 6.42 Å². The molecule has 7 heteroatoms. The minimum absolute atomic E-state index is 0.0307. The van der Waals surface area contributed by atoms with E-state index >= 15 is 0 Å². The third-order valence-corrected chi connectivity index (χ3v) is 5.63. The smallest absolute Gasteiger partial charge is 0.228 e. The highest BCUT2D eigenvalue weighted by Crippen LogP contribution is 2.30. The zero-order valence-corrected chi connectivity index (χ0v) is 16.4. The van der Waals surface area contributed by atoms with E-state index in [1.54, 1.807) is 25.3 Å². The summed E-state index contributed by atoms with van der Waals surface area (Å²) < 4.78 is 19.5. The van der Waals surface area contributed by atoms with Gasteiger partial charge in [0, 0.05) is 39.1 Å². The first-order valence-electron chi connectivity index (χ1n) is 9.80. The van der Waals surface area contributed by atoms with Gasteiger partial charge in [-0.15, -0.1) is 0 Å². The molecule has 1 atom stereocenters. The van der Waals surface area contributed by atoms with Gasteiger partial charge in [0.05, 0.1) is 24.4 Å². The van der Waals surface area contributed by atoms with Crippen LogP contribution in [-0.2, 0) is 9.59 Å². The molecule has 2 aromatic carbocycles. The number of carbonyl (C=O) groups excluding carboxylic acids is 2. The van der Waals surface area contributed by atoms with Gasteiger partial charge in [0.1, 0.15) is 11.6 Å². The third-order valence-electron chi connectivity index (χ3n) is 5.63. The van der Waals surface area contributed by atoms with Crippen molar-refractivity contribution in [3.63, 3.8) is 0 Å². The lowest BCUT2D eigenvalue weighted by atomic mass is 10.1. The molecule has 2 heterocycles. The first-order chi connectivity index (χ1) is 14.1. The third kappa shape index (κ3) is 3.77. The standard InChI is InChI=1S/C22H24FN3O3/c1-29-20-9-5-4-8-19(20)24-10-12-25(13-11-24)22(28)16-14-21(27)26(15-16)18-7-3-2-6-17(18)23/h2-9,16H,10-15H2,1H3/t16-/m0/s1. The predicted octanol–water partition coefficient (Wildman–Crippen LogP) is 2.54. The number of para-hydroxylation sites is 3. The lowest BCUT2D eigenvalue weighted by Crippen LogP contribution is -2.50. The molecule has 0 saturated carbocycles. The maximum absolute atomic E-state index is 14.1. The highest BCUT2D eigenvalue weighted by atomic mass is 19.1. The summed E-state index contributed by atoms with van der Waals surface area (Å²) in [5, 5.41) is 0. The first kappa shape index (κ1) is 19.2. The van der Waals surface area contributed by atoms with Crippen molar-refractivity contribution >= 4 is 23.2 Å². The molecule has 2 amide bonds. The quantitative estimate of drug-likeness (QED) is 0.796. The van der Waals surface area contributed by atoms with E-state index in [-0.39, 0.29) is 30.5 Å². The lowest BCUT2D eigenvalue weighted by molar-refractivity contribution is -0.136. The molecular weight excluding hydrogens is 373 g/mol. The van der Waals surface area contributed by atoms with Gasteiger partial charge in [0.15, 0.2) is 0 Å². The number of rotatable bonds is 4. The fraction of sp³-hybridized carbons (Fsp3) is 0.364. The predicted molar refractivity (Wildman–Crippen MR) is 109 cm³/mol. The van der Waals surface area contributed by atoms with E-state index in [4.69, 9.17) is 4.74 Å². The number of hydrogen-bond acceptors (Lipinski definition) is 4. The fourth-order valence-electron chi connectivity index (χ4n) is 4.09. The van der Waals surface area contributed by atoms with E-state index in [2.05, 4.69) is 4.90 Å². The molecule has 152 valence electrons. The van der Waals surface area contributed by atoms with Crippen molar-refractivity contribution < 1.29 is 18.7 Å². The van der Waals surface area contributed by atoms with Gasteiger partial charge in [-0.1, -0.05) is 24.3 Å². The number of ether oxygens (including phenoxy) is 1. The van der Waals surface area contributed by atoms with Crippen molar-refractivity contribution in [1.29, 1.82) is 0 Å². The van der Waals surface area contributed by atoms with E-state index in [9.17, 15) is 14.0 Å². The SMILES string of the molecule is COc1ccccc1N1CCN(C(=O)[C@H]2CC(=O)N(c3ccccc3F)C2)CC1. The molecule has 2 aliphatic heterocycles. The summed E-state index contributed by atoms with van der Waals surface area (Å²) in [6.45, 7) is 2.79. The average molecular weight is 397 g/mol. The molecule has 0 unspecified atom stereocenters. The summed E-state index contributed by atoms with van der Waals surface area (Å²) in [5.74, 6) is -0.300. The molecule has 2 fully saturated rings. The Labute approximate surface area is 169 Å². The monoisotopic (exact) mass is 397 g/mol. The highest BCUT2D eigenvalue weighted by molar-refractivity contribution is 6.00. The minimum atomic E-state index is -0.445. The first-order valence-corrected chi connectivity index (χ1v) is 9.80. The molecule has 0 spiro atoms. The number of piperazine rings is 1. The molecule has 0 radical (unpaired) electrons. The van der Waals surface area contributed by atoms with Crippen molar-refractivity contribution in [2.45, 2.75) is 6.42 Å². The number of benzene rings is 2. The second kappa shape index (κ2) is 8.11. The summed E-state index contributed by atoms with van der Waals surface area (Å²) in [6.07, 6.45) is 0.125. The van der Waals surface area contributed by atoms with Crippen LogP contribution < -0.4 is 14.5 Å². The van der Waals surface area contributed by atoms with Crippen LogP contribution in [0.25, 0.3) is 0 Å². The van der Waals surface area contributed by atoms with Crippen molar-refractivity contribution in [2.24, 2.45) is 5.92 Å². The molecule has 0 N–H and O–H groups in total. The zero-order chi connectivity index (χ0) is 20.4. The summed E-state index contributed by atoms with van der Waals surface area (Å²) in [4.78, 5) is 30.8. The van der Waals surface area contributed by atoms with Gasteiger partial charge in [-0.2, -0.15) is 0 Å². The van der Waals surface area contributed by atoms with Crippen molar-refractivity contribution in [2.75, 3.05) is 49.6 Å². The van der Waals surface area contributed by atoms with Crippen LogP contribution in [0, 0.1) is 11.7 Å². The largest absolute Gasteiger partial charge is 0.495 e. The molecule has 2 aromatic rings. The normalized spacial score (nSPS) is 19.6. The topological polar surface area (TPSA) is 53.1 Å². The highest BCUT2D eigenvalue weighted by Gasteiger charge is 2.38. The minimum Gasteiger partial charge on any atom is -0.495 e. The van der Waals surface area contributed by atoms with Gasteiger partial charge in [-0.3, -0.25) is 9.59 Å². The van der Waals surface area contributed by atoms with Gasteiger partial charge in [0.25, 0.3) is 0 Å². The maximum atomic E-state index is 14.1.